The van der Waals surface area contributed by atoms with E-state index < -0.39 is 5.97 Å². The maximum absolute atomic E-state index is 11.6. The van der Waals surface area contributed by atoms with Crippen molar-refractivity contribution in [3.63, 3.8) is 0 Å². The number of carboxylic acids is 1. The van der Waals surface area contributed by atoms with Gasteiger partial charge >= 0.3 is 5.97 Å². The molecule has 0 fully saturated rings. The maximum Gasteiger partial charge on any atom is 0.354 e. The second-order valence-electron chi connectivity index (χ2n) is 3.79. The number of aryl methyl sites for hydroxylation is 1. The van der Waals surface area contributed by atoms with Crippen LogP contribution >= 0.6 is 0 Å². The highest BCUT2D eigenvalue weighted by atomic mass is 16.4. The molecule has 0 radical (unpaired) electrons. The lowest BCUT2D eigenvalue weighted by atomic mass is 10.3. The van der Waals surface area contributed by atoms with Gasteiger partial charge in [-0.2, -0.15) is 0 Å². The molecule has 0 aliphatic carbocycles. The van der Waals surface area contributed by atoms with E-state index in [2.05, 4.69) is 10.3 Å². The second-order valence-corrected chi connectivity index (χ2v) is 3.79. The number of rotatable bonds is 6. The highest BCUT2D eigenvalue weighted by Crippen LogP contribution is 2.04. The van der Waals surface area contributed by atoms with Gasteiger partial charge in [-0.25, -0.2) is 9.78 Å². The minimum Gasteiger partial charge on any atom is -0.477 e. The van der Waals surface area contributed by atoms with Crippen LogP contribution in [0.4, 0.5) is 0 Å². The van der Waals surface area contributed by atoms with Gasteiger partial charge < -0.3 is 15.0 Å². The number of hydrogen-bond acceptors (Lipinski definition) is 3. The van der Waals surface area contributed by atoms with Gasteiger partial charge in [-0.1, -0.05) is 13.3 Å². The first kappa shape index (κ1) is 13.2. The zero-order chi connectivity index (χ0) is 12.8. The second kappa shape index (κ2) is 6.03. The van der Waals surface area contributed by atoms with Gasteiger partial charge in [0, 0.05) is 6.54 Å². The van der Waals surface area contributed by atoms with Crippen molar-refractivity contribution in [2.45, 2.75) is 33.2 Å². The van der Waals surface area contributed by atoms with Gasteiger partial charge in [0.25, 0.3) is 0 Å². The molecule has 0 unspecified atom stereocenters. The molecule has 0 spiro atoms. The van der Waals surface area contributed by atoms with Crippen molar-refractivity contribution in [3.05, 3.63) is 17.7 Å². The average Bonchev–Trinajstić information content (AvgIpc) is 2.61. The minimum absolute atomic E-state index is 0.00280. The van der Waals surface area contributed by atoms with E-state index >= 15 is 0 Å². The first-order valence-electron chi connectivity index (χ1n) is 5.58. The smallest absolute Gasteiger partial charge is 0.354 e. The lowest BCUT2D eigenvalue weighted by Crippen LogP contribution is -2.29. The van der Waals surface area contributed by atoms with Crippen LogP contribution in [0.2, 0.25) is 0 Å². The number of amides is 1. The summed E-state index contributed by atoms with van der Waals surface area (Å²) in [5.74, 6) is -0.748. The van der Waals surface area contributed by atoms with Crippen LogP contribution in [0.5, 0.6) is 0 Å². The third kappa shape index (κ3) is 3.58. The molecule has 6 nitrogen and oxygen atoms in total. The Labute approximate surface area is 99.7 Å². The first-order valence-corrected chi connectivity index (χ1v) is 5.58. The lowest BCUT2D eigenvalue weighted by molar-refractivity contribution is -0.121. The van der Waals surface area contributed by atoms with E-state index in [9.17, 15) is 9.59 Å². The highest BCUT2D eigenvalue weighted by Gasteiger charge is 2.15. The largest absolute Gasteiger partial charge is 0.477 e. The van der Waals surface area contributed by atoms with E-state index in [0.29, 0.717) is 12.4 Å². The summed E-state index contributed by atoms with van der Waals surface area (Å²) in [6, 6.07) is 0. The van der Waals surface area contributed by atoms with Crippen LogP contribution in [0.15, 0.2) is 6.20 Å². The number of carbonyl (C=O) groups excluding carboxylic acids is 1. The lowest BCUT2D eigenvalue weighted by Gasteiger charge is -2.08. The number of carbonyl (C=O) groups is 2. The Bertz CT molecular complexity index is 412. The van der Waals surface area contributed by atoms with Crippen LogP contribution in [0.1, 0.15) is 36.1 Å². The number of aromatic nitrogens is 2. The highest BCUT2D eigenvalue weighted by molar-refractivity contribution is 5.86. The van der Waals surface area contributed by atoms with E-state index in [-0.39, 0.29) is 18.1 Å². The fourth-order valence-electron chi connectivity index (χ4n) is 1.44. The third-order valence-corrected chi connectivity index (χ3v) is 2.43. The first-order chi connectivity index (χ1) is 8.06. The van der Waals surface area contributed by atoms with Crippen molar-refractivity contribution < 1.29 is 14.7 Å². The number of nitrogens with zero attached hydrogens (tertiary/aromatic N) is 2. The molecule has 1 rings (SSSR count). The van der Waals surface area contributed by atoms with Crippen LogP contribution in [0, 0.1) is 6.92 Å². The molecule has 0 bridgehead atoms. The summed E-state index contributed by atoms with van der Waals surface area (Å²) in [6.45, 7) is 4.32. The summed E-state index contributed by atoms with van der Waals surface area (Å²) >= 11 is 0. The Kier molecular flexibility index (Phi) is 4.68. The predicted molar refractivity (Wildman–Crippen MR) is 61.8 cm³/mol. The van der Waals surface area contributed by atoms with Crippen molar-refractivity contribution in [3.8, 4) is 0 Å². The molecule has 1 aromatic heterocycles. The molecule has 1 heterocycles. The summed E-state index contributed by atoms with van der Waals surface area (Å²) in [6.07, 6.45) is 3.18. The van der Waals surface area contributed by atoms with Gasteiger partial charge in [-0.05, 0) is 13.3 Å². The standard InChI is InChI=1S/C11H17N3O3/c1-3-4-5-12-10(15)7-14-8(2)13-6-9(14)11(16)17/h6H,3-5,7H2,1-2H3,(H,12,15)(H,16,17). The van der Waals surface area contributed by atoms with Gasteiger partial charge in [0.2, 0.25) is 5.91 Å². The van der Waals surface area contributed by atoms with Gasteiger partial charge in [-0.3, -0.25) is 4.79 Å². The molecular weight excluding hydrogens is 222 g/mol. The molecule has 1 amide bonds. The summed E-state index contributed by atoms with van der Waals surface area (Å²) in [7, 11) is 0. The average molecular weight is 239 g/mol. The number of aromatic carboxylic acids is 1. The van der Waals surface area contributed by atoms with Crippen LogP contribution in [0.3, 0.4) is 0 Å². The Morgan fingerprint density at radius 1 is 1.53 bits per heavy atom. The van der Waals surface area contributed by atoms with Gasteiger partial charge in [0.15, 0.2) is 0 Å². The Balaban J connectivity index is 2.64. The van der Waals surface area contributed by atoms with Gasteiger partial charge in [-0.15, -0.1) is 0 Å². The van der Waals surface area contributed by atoms with Crippen molar-refractivity contribution in [1.82, 2.24) is 14.9 Å². The van der Waals surface area contributed by atoms with Gasteiger partial charge in [0.05, 0.1) is 6.20 Å². The van der Waals surface area contributed by atoms with Crippen LogP contribution in [0.25, 0.3) is 0 Å². The molecule has 0 atom stereocenters. The summed E-state index contributed by atoms with van der Waals surface area (Å²) in [5, 5.41) is 11.6. The molecule has 0 aliphatic rings. The van der Waals surface area contributed by atoms with Crippen molar-refractivity contribution in [1.29, 1.82) is 0 Å². The SMILES string of the molecule is CCCCNC(=O)Cn1c(C(=O)O)cnc1C. The maximum atomic E-state index is 11.6. The molecule has 0 saturated carbocycles. The fraction of sp³-hybridized carbons (Fsp3) is 0.545. The zero-order valence-electron chi connectivity index (χ0n) is 10.1. The van der Waals surface area contributed by atoms with Crippen LogP contribution in [-0.2, 0) is 11.3 Å². The molecule has 0 aromatic carbocycles. The molecule has 17 heavy (non-hydrogen) atoms. The molecule has 0 aliphatic heterocycles. The topological polar surface area (TPSA) is 84.2 Å². The van der Waals surface area contributed by atoms with E-state index in [0.717, 1.165) is 12.8 Å². The molecule has 0 saturated heterocycles. The normalized spacial score (nSPS) is 10.2. The van der Waals surface area contributed by atoms with Crippen LogP contribution in [-0.4, -0.2) is 33.1 Å². The fourth-order valence-corrected chi connectivity index (χ4v) is 1.44. The molecular formula is C11H17N3O3. The summed E-state index contributed by atoms with van der Waals surface area (Å²) < 4.78 is 1.39. The molecule has 6 heteroatoms. The van der Waals surface area contributed by atoms with Crippen molar-refractivity contribution >= 4 is 11.9 Å². The number of carboxylic acid groups (broad SMARTS) is 1. The number of imidazole rings is 1. The Morgan fingerprint density at radius 3 is 2.82 bits per heavy atom. The van der Waals surface area contributed by atoms with Crippen molar-refractivity contribution in [2.75, 3.05) is 6.54 Å². The van der Waals surface area contributed by atoms with Crippen LogP contribution < -0.4 is 5.32 Å². The summed E-state index contributed by atoms with van der Waals surface area (Å²) in [5.41, 5.74) is 0.0353. The van der Waals surface area contributed by atoms with E-state index in [1.807, 2.05) is 6.92 Å². The molecule has 1 aromatic rings. The molecule has 94 valence electrons. The molecule has 2 N–H and O–H groups in total. The number of unbranched alkanes of at least 4 members (excludes halogenated alkanes) is 1. The van der Waals surface area contributed by atoms with E-state index in [1.165, 1.54) is 10.8 Å². The van der Waals surface area contributed by atoms with E-state index in [1.54, 1.807) is 6.92 Å². The summed E-state index contributed by atoms with van der Waals surface area (Å²) in [4.78, 5) is 26.3. The predicted octanol–water partition coefficient (Wildman–Crippen LogP) is 0.806. The Morgan fingerprint density at radius 2 is 2.24 bits per heavy atom. The quantitative estimate of drug-likeness (QED) is 0.719. The van der Waals surface area contributed by atoms with Gasteiger partial charge in [0.1, 0.15) is 18.1 Å². The minimum atomic E-state index is -1.08. The number of hydrogen-bond donors (Lipinski definition) is 2. The monoisotopic (exact) mass is 239 g/mol. The zero-order valence-corrected chi connectivity index (χ0v) is 10.1. The Hall–Kier alpha value is -1.85. The third-order valence-electron chi connectivity index (χ3n) is 2.43. The van der Waals surface area contributed by atoms with E-state index in [4.69, 9.17) is 5.11 Å². The number of nitrogens with one attached hydrogen (secondary N) is 1. The van der Waals surface area contributed by atoms with Crippen molar-refractivity contribution in [2.24, 2.45) is 0 Å².